The summed E-state index contributed by atoms with van der Waals surface area (Å²) in [4.78, 5) is 13.1. The molecule has 1 saturated heterocycles. The third-order valence-corrected chi connectivity index (χ3v) is 14.0. The minimum Gasteiger partial charge on any atom is -0.394 e. The Kier molecular flexibility index (Phi) is 46.4. The molecule has 1 heterocycles. The fraction of sp³-hybridized carbons (Fsp3) is 0.881. The second kappa shape index (κ2) is 49.0. The summed E-state index contributed by atoms with van der Waals surface area (Å²) in [7, 11) is 0. The van der Waals surface area contributed by atoms with E-state index in [-0.39, 0.29) is 12.5 Å². The van der Waals surface area contributed by atoms with Gasteiger partial charge in [-0.25, -0.2) is 0 Å². The van der Waals surface area contributed by atoms with Gasteiger partial charge in [0.2, 0.25) is 5.91 Å². The van der Waals surface area contributed by atoms with Crippen molar-refractivity contribution in [2.24, 2.45) is 0 Å². The van der Waals surface area contributed by atoms with E-state index in [0.29, 0.717) is 6.42 Å². The fourth-order valence-electron chi connectivity index (χ4n) is 9.31. The molecular formula is C59H111NO8. The second-order valence-electron chi connectivity index (χ2n) is 20.4. The van der Waals surface area contributed by atoms with Crippen molar-refractivity contribution >= 4 is 5.91 Å². The highest BCUT2D eigenvalue weighted by atomic mass is 16.7. The number of aliphatic hydroxyl groups excluding tert-OH is 5. The van der Waals surface area contributed by atoms with E-state index in [1.807, 2.05) is 6.08 Å². The van der Waals surface area contributed by atoms with Gasteiger partial charge in [0.15, 0.2) is 6.29 Å². The Hall–Kier alpha value is -1.59. The lowest BCUT2D eigenvalue weighted by Gasteiger charge is -2.40. The summed E-state index contributed by atoms with van der Waals surface area (Å²) in [5.74, 6) is -0.176. The Balaban J connectivity index is 2.21. The first kappa shape index (κ1) is 64.4. The predicted molar refractivity (Wildman–Crippen MR) is 286 cm³/mol. The SMILES string of the molecule is CCCCCCCCCCC/C=C\C/C=C\CCCCCCCCCCCCCC(=O)NC(COC1OC(CO)C(O)C(O)C1O)C(O)/C=C/CCCCCCCCCCCCCCCCCC. The lowest BCUT2D eigenvalue weighted by Crippen LogP contribution is -2.60. The monoisotopic (exact) mass is 962 g/mol. The van der Waals surface area contributed by atoms with Gasteiger partial charge in [-0.1, -0.05) is 256 Å². The minimum atomic E-state index is -1.57. The van der Waals surface area contributed by atoms with Crippen molar-refractivity contribution in [1.29, 1.82) is 0 Å². The highest BCUT2D eigenvalue weighted by Gasteiger charge is 2.44. The van der Waals surface area contributed by atoms with Crippen molar-refractivity contribution < 1.29 is 39.8 Å². The maximum atomic E-state index is 13.1. The van der Waals surface area contributed by atoms with Gasteiger partial charge < -0.3 is 40.3 Å². The van der Waals surface area contributed by atoms with Gasteiger partial charge in [0.25, 0.3) is 0 Å². The van der Waals surface area contributed by atoms with E-state index >= 15 is 0 Å². The van der Waals surface area contributed by atoms with E-state index in [2.05, 4.69) is 43.5 Å². The first-order valence-corrected chi connectivity index (χ1v) is 29.2. The second-order valence-corrected chi connectivity index (χ2v) is 20.4. The van der Waals surface area contributed by atoms with Crippen LogP contribution in [0.25, 0.3) is 0 Å². The number of carbonyl (C=O) groups excluding carboxylic acids is 1. The molecule has 1 rings (SSSR count). The van der Waals surface area contributed by atoms with Crippen LogP contribution in [-0.2, 0) is 14.3 Å². The summed E-state index contributed by atoms with van der Waals surface area (Å²) in [5.41, 5.74) is 0. The van der Waals surface area contributed by atoms with E-state index in [1.54, 1.807) is 6.08 Å². The molecule has 0 spiro atoms. The number of hydrogen-bond acceptors (Lipinski definition) is 8. The van der Waals surface area contributed by atoms with Gasteiger partial charge in [0.05, 0.1) is 25.4 Å². The zero-order valence-electron chi connectivity index (χ0n) is 44.4. The van der Waals surface area contributed by atoms with Gasteiger partial charge in [-0.3, -0.25) is 4.79 Å². The molecule has 0 aromatic carbocycles. The number of amides is 1. The summed E-state index contributed by atoms with van der Waals surface area (Å²) in [6.45, 7) is 3.80. The number of rotatable bonds is 50. The molecule has 0 aliphatic carbocycles. The maximum Gasteiger partial charge on any atom is 0.220 e. The third-order valence-electron chi connectivity index (χ3n) is 14.0. The van der Waals surface area contributed by atoms with E-state index in [9.17, 15) is 30.3 Å². The van der Waals surface area contributed by atoms with Crippen LogP contribution < -0.4 is 5.32 Å². The van der Waals surface area contributed by atoms with Crippen LogP contribution in [0.1, 0.15) is 277 Å². The summed E-state index contributed by atoms with van der Waals surface area (Å²) in [5, 5.41) is 54.5. The number of unbranched alkanes of at least 4 members (excludes halogenated alkanes) is 36. The van der Waals surface area contributed by atoms with Gasteiger partial charge in [0.1, 0.15) is 24.4 Å². The molecule has 6 N–H and O–H groups in total. The van der Waals surface area contributed by atoms with Crippen LogP contribution in [0, 0.1) is 0 Å². The van der Waals surface area contributed by atoms with Crippen molar-refractivity contribution in [2.75, 3.05) is 13.2 Å². The zero-order chi connectivity index (χ0) is 49.4. The Morgan fingerprint density at radius 2 is 0.868 bits per heavy atom. The summed E-state index contributed by atoms with van der Waals surface area (Å²) in [6, 6.07) is -0.806. The number of allylic oxidation sites excluding steroid dienone is 5. The number of hydrogen-bond donors (Lipinski definition) is 6. The summed E-state index contributed by atoms with van der Waals surface area (Å²) < 4.78 is 11.3. The number of nitrogens with one attached hydrogen (secondary N) is 1. The normalized spacial score (nSPS) is 19.8. The first-order valence-electron chi connectivity index (χ1n) is 29.2. The van der Waals surface area contributed by atoms with Crippen LogP contribution in [0.4, 0.5) is 0 Å². The molecule has 1 aliphatic rings. The van der Waals surface area contributed by atoms with Gasteiger partial charge in [-0.05, 0) is 51.4 Å². The molecule has 7 unspecified atom stereocenters. The lowest BCUT2D eigenvalue weighted by atomic mass is 9.99. The summed E-state index contributed by atoms with van der Waals surface area (Å²) >= 11 is 0. The lowest BCUT2D eigenvalue weighted by molar-refractivity contribution is -0.302. The quantitative estimate of drug-likeness (QED) is 0.0261. The molecule has 1 fully saturated rings. The molecule has 400 valence electrons. The molecule has 0 aromatic rings. The molecule has 0 radical (unpaired) electrons. The fourth-order valence-corrected chi connectivity index (χ4v) is 9.31. The van der Waals surface area contributed by atoms with Gasteiger partial charge in [0, 0.05) is 6.42 Å². The highest BCUT2D eigenvalue weighted by molar-refractivity contribution is 5.76. The molecule has 68 heavy (non-hydrogen) atoms. The molecular weight excluding hydrogens is 851 g/mol. The first-order chi connectivity index (χ1) is 33.3. The Morgan fingerprint density at radius 3 is 1.26 bits per heavy atom. The maximum absolute atomic E-state index is 13.1. The molecule has 1 aliphatic heterocycles. The van der Waals surface area contributed by atoms with Crippen LogP contribution in [0.5, 0.6) is 0 Å². The molecule has 0 bridgehead atoms. The predicted octanol–water partition coefficient (Wildman–Crippen LogP) is 14.4. The molecule has 0 aromatic heterocycles. The Labute approximate surface area is 419 Å². The van der Waals surface area contributed by atoms with Crippen molar-refractivity contribution in [3.05, 3.63) is 36.5 Å². The number of ether oxygens (including phenoxy) is 2. The molecule has 1 amide bonds. The highest BCUT2D eigenvalue weighted by Crippen LogP contribution is 2.23. The van der Waals surface area contributed by atoms with Crippen LogP contribution in [0.15, 0.2) is 36.5 Å². The largest absolute Gasteiger partial charge is 0.394 e. The van der Waals surface area contributed by atoms with Crippen molar-refractivity contribution in [3.8, 4) is 0 Å². The molecule has 9 heteroatoms. The van der Waals surface area contributed by atoms with Crippen molar-refractivity contribution in [1.82, 2.24) is 5.32 Å². The zero-order valence-corrected chi connectivity index (χ0v) is 44.4. The van der Waals surface area contributed by atoms with Gasteiger partial charge >= 0.3 is 0 Å². The number of aliphatic hydroxyl groups is 5. The van der Waals surface area contributed by atoms with Gasteiger partial charge in [-0.15, -0.1) is 0 Å². The average Bonchev–Trinajstić information content (AvgIpc) is 3.34. The van der Waals surface area contributed by atoms with Crippen LogP contribution in [0.3, 0.4) is 0 Å². The van der Waals surface area contributed by atoms with E-state index in [4.69, 9.17) is 9.47 Å². The van der Waals surface area contributed by atoms with E-state index in [0.717, 1.165) is 44.9 Å². The Morgan fingerprint density at radius 1 is 0.500 bits per heavy atom. The van der Waals surface area contributed by atoms with E-state index in [1.165, 1.54) is 212 Å². The standard InChI is InChI=1S/C59H111NO8/c1-3-5-7-9-11-13-15-17-19-21-23-24-25-26-27-28-29-30-31-33-35-37-39-41-43-45-47-49-55(63)60-52(51-67-59-58(66)57(65)56(64)54(50-61)68-59)53(62)48-46-44-42-40-38-36-34-32-22-20-18-16-14-12-10-8-6-4-2/h23-24,26-27,46,48,52-54,56-59,61-62,64-66H,3-22,25,28-45,47,49-51H2,1-2H3,(H,60,63)/b24-23-,27-26-,48-46+. The summed E-state index contributed by atoms with van der Waals surface area (Å²) in [6.07, 6.45) is 56.3. The molecule has 9 nitrogen and oxygen atoms in total. The van der Waals surface area contributed by atoms with Crippen molar-refractivity contribution in [2.45, 2.75) is 320 Å². The third kappa shape index (κ3) is 38.1. The molecule has 7 atom stereocenters. The van der Waals surface area contributed by atoms with Gasteiger partial charge in [-0.2, -0.15) is 0 Å². The average molecular weight is 963 g/mol. The minimum absolute atomic E-state index is 0.176. The smallest absolute Gasteiger partial charge is 0.220 e. The van der Waals surface area contributed by atoms with Crippen LogP contribution in [0.2, 0.25) is 0 Å². The Bertz CT molecular complexity index is 1160. The number of carbonyl (C=O) groups is 1. The molecule has 0 saturated carbocycles. The topological polar surface area (TPSA) is 149 Å². The van der Waals surface area contributed by atoms with E-state index < -0.39 is 49.5 Å². The van der Waals surface area contributed by atoms with Crippen LogP contribution in [-0.4, -0.2) is 87.5 Å². The van der Waals surface area contributed by atoms with Crippen molar-refractivity contribution in [3.63, 3.8) is 0 Å². The van der Waals surface area contributed by atoms with Crippen LogP contribution >= 0.6 is 0 Å².